The second-order valence-corrected chi connectivity index (χ2v) is 4.32. The van der Waals surface area contributed by atoms with Gasteiger partial charge in [-0.15, -0.1) is 0 Å². The van der Waals surface area contributed by atoms with E-state index in [2.05, 4.69) is 15.1 Å². The van der Waals surface area contributed by atoms with E-state index in [1.807, 2.05) is 0 Å². The van der Waals surface area contributed by atoms with Gasteiger partial charge in [0.05, 0.1) is 0 Å². The number of likely N-dealkylation sites (tertiary alicyclic amines) is 1. The zero-order valence-corrected chi connectivity index (χ0v) is 8.91. The highest BCUT2D eigenvalue weighted by Crippen LogP contribution is 2.15. The van der Waals surface area contributed by atoms with Gasteiger partial charge in [0.15, 0.2) is 0 Å². The average Bonchev–Trinajstić information content (AvgIpc) is 2.30. The lowest BCUT2D eigenvalue weighted by Gasteiger charge is -2.40. The van der Waals surface area contributed by atoms with E-state index in [0.29, 0.717) is 0 Å². The van der Waals surface area contributed by atoms with Crippen LogP contribution in [-0.4, -0.2) is 61.8 Å². The Morgan fingerprint density at radius 1 is 1.07 bits per heavy atom. The number of piperidine rings is 1. The van der Waals surface area contributed by atoms with Gasteiger partial charge in [0, 0.05) is 52.0 Å². The molecular formula is C10H22N4. The van der Waals surface area contributed by atoms with Gasteiger partial charge in [-0.2, -0.15) is 0 Å². The number of nitrogens with two attached hydrogens (primary N) is 1. The summed E-state index contributed by atoms with van der Waals surface area (Å²) in [6.07, 6.45) is 2.61. The summed E-state index contributed by atoms with van der Waals surface area (Å²) >= 11 is 0. The lowest BCUT2D eigenvalue weighted by atomic mass is 10.0. The summed E-state index contributed by atoms with van der Waals surface area (Å²) in [5.41, 5.74) is 5.63. The average molecular weight is 198 g/mol. The Hall–Kier alpha value is -0.160. The van der Waals surface area contributed by atoms with Crippen LogP contribution in [0.25, 0.3) is 0 Å². The Bertz CT molecular complexity index is 160. The molecular weight excluding hydrogens is 176 g/mol. The molecule has 0 bridgehead atoms. The normalized spacial score (nSPS) is 28.1. The van der Waals surface area contributed by atoms with E-state index >= 15 is 0 Å². The van der Waals surface area contributed by atoms with Gasteiger partial charge in [-0.05, 0) is 12.8 Å². The molecule has 0 unspecified atom stereocenters. The largest absolute Gasteiger partial charge is 0.318 e. The lowest BCUT2D eigenvalue weighted by molar-refractivity contribution is 0.0992. The van der Waals surface area contributed by atoms with Crippen LogP contribution in [0.3, 0.4) is 0 Å². The minimum Gasteiger partial charge on any atom is -0.318 e. The molecule has 4 heteroatoms. The highest BCUT2D eigenvalue weighted by Gasteiger charge is 2.24. The van der Waals surface area contributed by atoms with Gasteiger partial charge < -0.3 is 11.1 Å². The van der Waals surface area contributed by atoms with Crippen molar-refractivity contribution in [3.8, 4) is 0 Å². The predicted octanol–water partition coefficient (Wildman–Crippen LogP) is -0.728. The smallest absolute Gasteiger partial charge is 0.0455 e. The van der Waals surface area contributed by atoms with E-state index in [1.165, 1.54) is 39.0 Å². The first kappa shape index (κ1) is 10.4. The number of rotatable bonds is 2. The second kappa shape index (κ2) is 5.07. The fraction of sp³-hybridized carbons (Fsp3) is 1.00. The molecule has 14 heavy (non-hydrogen) atoms. The quantitative estimate of drug-likeness (QED) is 0.614. The standard InChI is InChI=1S/C10H22N4/c11-9-13-5-1-10(2-6-13)14-7-3-12-4-8-14/h10,12H,1-9,11H2. The van der Waals surface area contributed by atoms with Crippen molar-refractivity contribution in [2.24, 2.45) is 5.73 Å². The maximum absolute atomic E-state index is 5.63. The molecule has 2 heterocycles. The molecule has 0 saturated carbocycles. The van der Waals surface area contributed by atoms with E-state index in [0.717, 1.165) is 25.8 Å². The zero-order valence-electron chi connectivity index (χ0n) is 8.91. The third-order valence-corrected chi connectivity index (χ3v) is 3.48. The van der Waals surface area contributed by atoms with Gasteiger partial charge >= 0.3 is 0 Å². The topological polar surface area (TPSA) is 44.5 Å². The van der Waals surface area contributed by atoms with Crippen LogP contribution < -0.4 is 11.1 Å². The summed E-state index contributed by atoms with van der Waals surface area (Å²) in [4.78, 5) is 4.99. The summed E-state index contributed by atoms with van der Waals surface area (Å²) in [6.45, 7) is 7.89. The van der Waals surface area contributed by atoms with Gasteiger partial charge in [0.2, 0.25) is 0 Å². The molecule has 2 saturated heterocycles. The molecule has 4 nitrogen and oxygen atoms in total. The Balaban J connectivity index is 1.76. The SMILES string of the molecule is NCN1CCC(N2CCNCC2)CC1. The maximum atomic E-state index is 5.63. The number of hydrogen-bond acceptors (Lipinski definition) is 4. The van der Waals surface area contributed by atoms with Crippen molar-refractivity contribution in [3.63, 3.8) is 0 Å². The minimum atomic E-state index is 0.730. The van der Waals surface area contributed by atoms with Crippen molar-refractivity contribution in [3.05, 3.63) is 0 Å². The molecule has 2 rings (SSSR count). The number of hydrogen-bond donors (Lipinski definition) is 2. The van der Waals surface area contributed by atoms with Gasteiger partial charge in [-0.3, -0.25) is 9.80 Å². The van der Waals surface area contributed by atoms with E-state index in [9.17, 15) is 0 Å². The van der Waals surface area contributed by atoms with E-state index in [1.54, 1.807) is 0 Å². The van der Waals surface area contributed by atoms with Crippen LogP contribution in [0.1, 0.15) is 12.8 Å². The van der Waals surface area contributed by atoms with Crippen molar-refractivity contribution in [2.45, 2.75) is 18.9 Å². The molecule has 0 radical (unpaired) electrons. The fourth-order valence-electron chi connectivity index (χ4n) is 2.51. The van der Waals surface area contributed by atoms with Crippen LogP contribution in [0.5, 0.6) is 0 Å². The summed E-state index contributed by atoms with van der Waals surface area (Å²) in [7, 11) is 0. The van der Waals surface area contributed by atoms with Crippen LogP contribution in [0.15, 0.2) is 0 Å². The second-order valence-electron chi connectivity index (χ2n) is 4.32. The molecule has 0 amide bonds. The third kappa shape index (κ3) is 2.45. The summed E-state index contributed by atoms with van der Waals surface area (Å²) in [5, 5.41) is 3.40. The van der Waals surface area contributed by atoms with E-state index in [4.69, 9.17) is 5.73 Å². The Morgan fingerprint density at radius 2 is 1.71 bits per heavy atom. The van der Waals surface area contributed by atoms with Crippen LogP contribution in [-0.2, 0) is 0 Å². The van der Waals surface area contributed by atoms with E-state index in [-0.39, 0.29) is 0 Å². The molecule has 0 aromatic carbocycles. The van der Waals surface area contributed by atoms with Crippen LogP contribution >= 0.6 is 0 Å². The molecule has 0 atom stereocenters. The monoisotopic (exact) mass is 198 g/mol. The zero-order chi connectivity index (χ0) is 9.80. The van der Waals surface area contributed by atoms with Gasteiger partial charge in [-0.1, -0.05) is 0 Å². The van der Waals surface area contributed by atoms with Crippen molar-refractivity contribution < 1.29 is 0 Å². The van der Waals surface area contributed by atoms with Crippen molar-refractivity contribution in [2.75, 3.05) is 45.9 Å². The Morgan fingerprint density at radius 3 is 2.29 bits per heavy atom. The highest BCUT2D eigenvalue weighted by atomic mass is 15.2. The van der Waals surface area contributed by atoms with Crippen LogP contribution in [0.2, 0.25) is 0 Å². The number of nitrogens with zero attached hydrogens (tertiary/aromatic N) is 2. The third-order valence-electron chi connectivity index (χ3n) is 3.48. The molecule has 0 aromatic rings. The van der Waals surface area contributed by atoms with Crippen LogP contribution in [0, 0.1) is 0 Å². The minimum absolute atomic E-state index is 0.730. The summed E-state index contributed by atoms with van der Waals surface area (Å²) in [5.74, 6) is 0. The molecule has 3 N–H and O–H groups in total. The molecule has 2 aliphatic rings. The fourth-order valence-corrected chi connectivity index (χ4v) is 2.51. The van der Waals surface area contributed by atoms with Gasteiger partial charge in [-0.25, -0.2) is 0 Å². The van der Waals surface area contributed by atoms with Crippen molar-refractivity contribution >= 4 is 0 Å². The van der Waals surface area contributed by atoms with Gasteiger partial charge in [0.1, 0.15) is 0 Å². The molecule has 82 valence electrons. The van der Waals surface area contributed by atoms with E-state index < -0.39 is 0 Å². The lowest BCUT2D eigenvalue weighted by Crippen LogP contribution is -2.52. The first-order valence-electron chi connectivity index (χ1n) is 5.77. The Kier molecular flexibility index (Phi) is 3.75. The van der Waals surface area contributed by atoms with Crippen LogP contribution in [0.4, 0.5) is 0 Å². The van der Waals surface area contributed by atoms with Crippen molar-refractivity contribution in [1.82, 2.24) is 15.1 Å². The Labute approximate surface area is 86.4 Å². The molecule has 0 aliphatic carbocycles. The molecule has 0 spiro atoms. The summed E-state index contributed by atoms with van der Waals surface area (Å²) < 4.78 is 0. The van der Waals surface area contributed by atoms with Gasteiger partial charge in [0.25, 0.3) is 0 Å². The molecule has 2 aliphatic heterocycles. The highest BCUT2D eigenvalue weighted by molar-refractivity contribution is 4.81. The molecule has 2 fully saturated rings. The maximum Gasteiger partial charge on any atom is 0.0455 e. The first-order valence-corrected chi connectivity index (χ1v) is 5.77. The first-order chi connectivity index (χ1) is 6.90. The summed E-state index contributed by atoms with van der Waals surface area (Å²) in [6, 6.07) is 0.819. The molecule has 0 aromatic heterocycles. The number of piperazine rings is 1. The number of nitrogens with one attached hydrogen (secondary N) is 1. The van der Waals surface area contributed by atoms with Crippen molar-refractivity contribution in [1.29, 1.82) is 0 Å². The predicted molar refractivity (Wildman–Crippen MR) is 58.1 cm³/mol.